The van der Waals surface area contributed by atoms with Crippen LogP contribution in [0.2, 0.25) is 0 Å². The Labute approximate surface area is 105 Å². The second kappa shape index (κ2) is 4.13. The van der Waals surface area contributed by atoms with Crippen molar-refractivity contribution in [2.24, 2.45) is 5.92 Å². The summed E-state index contributed by atoms with van der Waals surface area (Å²) in [5.74, 6) is 0.765. The zero-order valence-electron chi connectivity index (χ0n) is 11.0. The average Bonchev–Trinajstić information content (AvgIpc) is 2.35. The highest BCUT2D eigenvalue weighted by Gasteiger charge is 2.44. The molecule has 1 saturated heterocycles. The maximum absolute atomic E-state index is 3.71. The smallest absolute Gasteiger partial charge is 0.00757 e. The van der Waals surface area contributed by atoms with E-state index in [0.29, 0.717) is 5.41 Å². The van der Waals surface area contributed by atoms with Crippen LogP contribution >= 0.6 is 0 Å². The highest BCUT2D eigenvalue weighted by atomic mass is 14.9. The summed E-state index contributed by atoms with van der Waals surface area (Å²) in [6.45, 7) is 5.83. The molecule has 92 valence electrons. The van der Waals surface area contributed by atoms with Gasteiger partial charge in [-0.2, -0.15) is 0 Å². The summed E-state index contributed by atoms with van der Waals surface area (Å²) in [5.41, 5.74) is 3.46. The summed E-state index contributed by atoms with van der Waals surface area (Å²) in [6.07, 6.45) is 5.49. The first-order valence-electron chi connectivity index (χ1n) is 7.01. The summed E-state index contributed by atoms with van der Waals surface area (Å²) in [4.78, 5) is 0. The maximum Gasteiger partial charge on any atom is 0.00757 e. The number of aryl methyl sites for hydroxylation is 1. The number of hydrogen-bond acceptors (Lipinski definition) is 1. The van der Waals surface area contributed by atoms with Crippen molar-refractivity contribution in [1.82, 2.24) is 5.32 Å². The van der Waals surface area contributed by atoms with E-state index in [9.17, 15) is 0 Å². The SMILES string of the molecule is Cc1cccc(C23CCCC(C2)NCC3C)c1. The monoisotopic (exact) mass is 229 g/mol. The molecule has 0 spiro atoms. The van der Waals surface area contributed by atoms with Gasteiger partial charge in [-0.05, 0) is 44.2 Å². The first kappa shape index (κ1) is 11.3. The van der Waals surface area contributed by atoms with Crippen molar-refractivity contribution in [3.05, 3.63) is 35.4 Å². The lowest BCUT2D eigenvalue weighted by atomic mass is 9.59. The molecule has 1 N–H and O–H groups in total. The molecule has 2 bridgehead atoms. The Morgan fingerprint density at radius 2 is 2.24 bits per heavy atom. The van der Waals surface area contributed by atoms with Crippen molar-refractivity contribution < 1.29 is 0 Å². The first-order valence-corrected chi connectivity index (χ1v) is 7.01. The van der Waals surface area contributed by atoms with Crippen LogP contribution in [-0.4, -0.2) is 12.6 Å². The Morgan fingerprint density at radius 3 is 3.06 bits per heavy atom. The number of rotatable bonds is 1. The molecule has 1 heteroatoms. The molecule has 3 unspecified atom stereocenters. The van der Waals surface area contributed by atoms with Gasteiger partial charge in [0.2, 0.25) is 0 Å². The zero-order chi connectivity index (χ0) is 11.9. The second-order valence-electron chi connectivity index (χ2n) is 6.13. The van der Waals surface area contributed by atoms with E-state index in [1.165, 1.54) is 37.8 Å². The topological polar surface area (TPSA) is 12.0 Å². The normalized spacial score (nSPS) is 36.8. The fourth-order valence-corrected chi connectivity index (χ4v) is 3.97. The molecule has 3 rings (SSSR count). The van der Waals surface area contributed by atoms with Crippen LogP contribution in [0.5, 0.6) is 0 Å². The van der Waals surface area contributed by atoms with Crippen LogP contribution in [-0.2, 0) is 5.41 Å². The molecule has 1 saturated carbocycles. The second-order valence-corrected chi connectivity index (χ2v) is 6.13. The quantitative estimate of drug-likeness (QED) is 0.778. The molecule has 2 fully saturated rings. The predicted octanol–water partition coefficient (Wildman–Crippen LogP) is 3.41. The summed E-state index contributed by atoms with van der Waals surface area (Å²) in [5, 5.41) is 3.71. The van der Waals surface area contributed by atoms with Crippen LogP contribution < -0.4 is 5.32 Å². The molecular weight excluding hydrogens is 206 g/mol. The van der Waals surface area contributed by atoms with Gasteiger partial charge in [-0.1, -0.05) is 43.2 Å². The van der Waals surface area contributed by atoms with Crippen LogP contribution in [0.25, 0.3) is 0 Å². The first-order chi connectivity index (χ1) is 8.21. The highest BCUT2D eigenvalue weighted by molar-refractivity contribution is 5.32. The molecule has 1 nitrogen and oxygen atoms in total. The molecule has 1 aliphatic heterocycles. The van der Waals surface area contributed by atoms with E-state index in [1.807, 2.05) is 0 Å². The van der Waals surface area contributed by atoms with Crippen molar-refractivity contribution in [2.75, 3.05) is 6.54 Å². The molecule has 0 amide bonds. The van der Waals surface area contributed by atoms with Gasteiger partial charge < -0.3 is 5.32 Å². The average molecular weight is 229 g/mol. The largest absolute Gasteiger partial charge is 0.314 e. The van der Waals surface area contributed by atoms with Gasteiger partial charge in [-0.15, -0.1) is 0 Å². The van der Waals surface area contributed by atoms with E-state index < -0.39 is 0 Å². The van der Waals surface area contributed by atoms with E-state index in [-0.39, 0.29) is 0 Å². The van der Waals surface area contributed by atoms with Gasteiger partial charge in [0.05, 0.1) is 0 Å². The third-order valence-electron chi connectivity index (χ3n) is 5.04. The number of benzene rings is 1. The lowest BCUT2D eigenvalue weighted by Gasteiger charge is -2.50. The predicted molar refractivity (Wildman–Crippen MR) is 72.3 cm³/mol. The maximum atomic E-state index is 3.71. The van der Waals surface area contributed by atoms with Crippen LogP contribution in [0.1, 0.15) is 43.7 Å². The van der Waals surface area contributed by atoms with Gasteiger partial charge in [0.25, 0.3) is 0 Å². The lowest BCUT2D eigenvalue weighted by molar-refractivity contribution is 0.120. The fraction of sp³-hybridized carbons (Fsp3) is 0.625. The number of nitrogens with one attached hydrogen (secondary N) is 1. The van der Waals surface area contributed by atoms with Crippen molar-refractivity contribution >= 4 is 0 Å². The zero-order valence-corrected chi connectivity index (χ0v) is 11.0. The molecule has 1 heterocycles. The minimum Gasteiger partial charge on any atom is -0.314 e. The minimum absolute atomic E-state index is 0.459. The van der Waals surface area contributed by atoms with E-state index in [2.05, 4.69) is 43.4 Å². The van der Waals surface area contributed by atoms with Gasteiger partial charge >= 0.3 is 0 Å². The molecule has 1 aromatic carbocycles. The lowest BCUT2D eigenvalue weighted by Crippen LogP contribution is -2.54. The highest BCUT2D eigenvalue weighted by Crippen LogP contribution is 2.47. The van der Waals surface area contributed by atoms with Crippen LogP contribution in [0.4, 0.5) is 0 Å². The molecular formula is C16H23N. The Kier molecular flexibility index (Phi) is 2.74. The number of fused-ring (bicyclic) bond motifs is 2. The number of hydrogen-bond donors (Lipinski definition) is 1. The van der Waals surface area contributed by atoms with Gasteiger partial charge in [-0.3, -0.25) is 0 Å². The molecule has 0 aromatic heterocycles. The van der Waals surface area contributed by atoms with Gasteiger partial charge in [0.15, 0.2) is 0 Å². The Balaban J connectivity index is 2.02. The van der Waals surface area contributed by atoms with Gasteiger partial charge in [0.1, 0.15) is 0 Å². The molecule has 1 aliphatic carbocycles. The van der Waals surface area contributed by atoms with Crippen LogP contribution in [0.3, 0.4) is 0 Å². The van der Waals surface area contributed by atoms with Crippen LogP contribution in [0.15, 0.2) is 24.3 Å². The van der Waals surface area contributed by atoms with Gasteiger partial charge in [0, 0.05) is 11.5 Å². The minimum atomic E-state index is 0.459. The van der Waals surface area contributed by atoms with E-state index in [0.717, 1.165) is 12.0 Å². The molecule has 0 radical (unpaired) electrons. The van der Waals surface area contributed by atoms with E-state index in [1.54, 1.807) is 5.56 Å². The number of piperidine rings is 1. The molecule has 1 aromatic rings. The van der Waals surface area contributed by atoms with Crippen molar-refractivity contribution in [3.63, 3.8) is 0 Å². The van der Waals surface area contributed by atoms with Crippen molar-refractivity contribution in [3.8, 4) is 0 Å². The summed E-state index contributed by atoms with van der Waals surface area (Å²) < 4.78 is 0. The summed E-state index contributed by atoms with van der Waals surface area (Å²) in [7, 11) is 0. The molecule has 17 heavy (non-hydrogen) atoms. The van der Waals surface area contributed by atoms with Crippen molar-refractivity contribution in [2.45, 2.75) is 51.0 Å². The Morgan fingerprint density at radius 1 is 1.35 bits per heavy atom. The third kappa shape index (κ3) is 1.81. The summed E-state index contributed by atoms with van der Waals surface area (Å²) in [6, 6.07) is 9.99. The standard InChI is InChI=1S/C16H23N/c1-12-5-3-6-14(9-12)16-8-4-7-15(10-16)17-11-13(16)2/h3,5-6,9,13,15,17H,4,7-8,10-11H2,1-2H3. The fourth-order valence-electron chi connectivity index (χ4n) is 3.97. The van der Waals surface area contributed by atoms with Crippen LogP contribution in [0, 0.1) is 12.8 Å². The Hall–Kier alpha value is -0.820. The van der Waals surface area contributed by atoms with E-state index in [4.69, 9.17) is 0 Å². The Bertz CT molecular complexity index is 412. The molecule has 2 aliphatic rings. The van der Waals surface area contributed by atoms with Gasteiger partial charge in [-0.25, -0.2) is 0 Å². The molecule has 3 atom stereocenters. The van der Waals surface area contributed by atoms with E-state index >= 15 is 0 Å². The summed E-state index contributed by atoms with van der Waals surface area (Å²) >= 11 is 0. The third-order valence-corrected chi connectivity index (χ3v) is 5.04. The van der Waals surface area contributed by atoms with Crippen molar-refractivity contribution in [1.29, 1.82) is 0 Å².